The zero-order chi connectivity index (χ0) is 21.3. The fourth-order valence-corrected chi connectivity index (χ4v) is 5.58. The standard InChI is InChI=1S/C22H22N4OS3/c1-15(2)17-9-7-16(8-10-17)14-29-22-26-25-21(30-22)28-12-11-20(27)24-19-6-4-3-5-18(19)13-23/h3-10,15H,11-12,14H2,1-2H3,(H,24,27). The highest BCUT2D eigenvalue weighted by molar-refractivity contribution is 8.02. The van der Waals surface area contributed by atoms with Crippen LogP contribution in [0.5, 0.6) is 0 Å². The lowest BCUT2D eigenvalue weighted by molar-refractivity contribution is -0.115. The largest absolute Gasteiger partial charge is 0.325 e. The molecule has 0 saturated carbocycles. The Balaban J connectivity index is 1.42. The van der Waals surface area contributed by atoms with Crippen LogP contribution in [0, 0.1) is 11.3 Å². The van der Waals surface area contributed by atoms with E-state index in [2.05, 4.69) is 59.7 Å². The molecule has 30 heavy (non-hydrogen) atoms. The Morgan fingerprint density at radius 2 is 1.80 bits per heavy atom. The number of carbonyl (C=O) groups excluding carboxylic acids is 1. The zero-order valence-electron chi connectivity index (χ0n) is 16.8. The van der Waals surface area contributed by atoms with Crippen molar-refractivity contribution in [3.05, 3.63) is 65.2 Å². The molecular weight excluding hydrogens is 432 g/mol. The van der Waals surface area contributed by atoms with Crippen LogP contribution in [0.1, 0.15) is 42.9 Å². The Kier molecular flexibility index (Phi) is 8.31. The number of amides is 1. The first-order chi connectivity index (χ1) is 14.5. The molecule has 0 saturated heterocycles. The predicted octanol–water partition coefficient (Wildman–Crippen LogP) is 5.95. The fraction of sp³-hybridized carbons (Fsp3) is 0.273. The van der Waals surface area contributed by atoms with Crippen molar-refractivity contribution in [2.75, 3.05) is 11.1 Å². The minimum Gasteiger partial charge on any atom is -0.325 e. The van der Waals surface area contributed by atoms with Crippen LogP contribution in [0.2, 0.25) is 0 Å². The van der Waals surface area contributed by atoms with Gasteiger partial charge in [0, 0.05) is 17.9 Å². The SMILES string of the molecule is CC(C)c1ccc(CSc2nnc(SCCC(=O)Nc3ccccc3C#N)s2)cc1. The zero-order valence-corrected chi connectivity index (χ0v) is 19.2. The van der Waals surface area contributed by atoms with Crippen molar-refractivity contribution in [1.29, 1.82) is 5.26 Å². The number of anilines is 1. The van der Waals surface area contributed by atoms with Crippen molar-refractivity contribution >= 4 is 46.5 Å². The third-order valence-electron chi connectivity index (χ3n) is 4.27. The first-order valence-electron chi connectivity index (χ1n) is 9.52. The summed E-state index contributed by atoms with van der Waals surface area (Å²) in [5.41, 5.74) is 3.62. The number of thioether (sulfide) groups is 2. The van der Waals surface area contributed by atoms with Crippen LogP contribution in [0.15, 0.2) is 57.2 Å². The summed E-state index contributed by atoms with van der Waals surface area (Å²) in [6.45, 7) is 4.39. The quantitative estimate of drug-likeness (QED) is 0.403. The molecule has 5 nitrogen and oxygen atoms in total. The van der Waals surface area contributed by atoms with Gasteiger partial charge in [-0.3, -0.25) is 4.79 Å². The summed E-state index contributed by atoms with van der Waals surface area (Å²) in [5, 5.41) is 20.3. The molecule has 1 N–H and O–H groups in total. The van der Waals surface area contributed by atoms with Crippen LogP contribution in [0.3, 0.4) is 0 Å². The molecule has 3 rings (SSSR count). The molecule has 2 aromatic carbocycles. The number of benzene rings is 2. The second-order valence-corrected chi connectivity index (χ2v) is 10.4. The van der Waals surface area contributed by atoms with Gasteiger partial charge in [0.25, 0.3) is 0 Å². The Hall–Kier alpha value is -2.34. The number of para-hydroxylation sites is 1. The van der Waals surface area contributed by atoms with E-state index < -0.39 is 0 Å². The van der Waals surface area contributed by atoms with Crippen molar-refractivity contribution in [2.45, 2.75) is 40.6 Å². The average Bonchev–Trinajstić information content (AvgIpc) is 3.20. The van der Waals surface area contributed by atoms with E-state index in [-0.39, 0.29) is 5.91 Å². The first kappa shape index (κ1) is 22.3. The monoisotopic (exact) mass is 454 g/mol. The molecule has 0 radical (unpaired) electrons. The van der Waals surface area contributed by atoms with Gasteiger partial charge in [0.1, 0.15) is 6.07 Å². The van der Waals surface area contributed by atoms with Gasteiger partial charge in [0.15, 0.2) is 8.68 Å². The molecule has 0 aliphatic rings. The smallest absolute Gasteiger partial charge is 0.225 e. The lowest BCUT2D eigenvalue weighted by Gasteiger charge is -2.06. The van der Waals surface area contributed by atoms with Crippen LogP contribution in [0.4, 0.5) is 5.69 Å². The third kappa shape index (κ3) is 6.59. The lowest BCUT2D eigenvalue weighted by atomic mass is 10.0. The molecule has 0 aliphatic carbocycles. The van der Waals surface area contributed by atoms with Crippen molar-refractivity contribution in [1.82, 2.24) is 10.2 Å². The van der Waals surface area contributed by atoms with Crippen molar-refractivity contribution in [3.8, 4) is 6.07 Å². The Labute approximate surface area is 189 Å². The second kappa shape index (κ2) is 11.2. The second-order valence-electron chi connectivity index (χ2n) is 6.82. The summed E-state index contributed by atoms with van der Waals surface area (Å²) < 4.78 is 1.79. The van der Waals surface area contributed by atoms with E-state index in [0.29, 0.717) is 29.3 Å². The number of hydrogen-bond donors (Lipinski definition) is 1. The summed E-state index contributed by atoms with van der Waals surface area (Å²) >= 11 is 4.75. The first-order valence-corrected chi connectivity index (χ1v) is 12.3. The Morgan fingerprint density at radius 3 is 2.50 bits per heavy atom. The number of nitriles is 1. The van der Waals surface area contributed by atoms with Crippen molar-refractivity contribution < 1.29 is 4.79 Å². The van der Waals surface area contributed by atoms with E-state index in [4.69, 9.17) is 5.26 Å². The topological polar surface area (TPSA) is 78.7 Å². The highest BCUT2D eigenvalue weighted by atomic mass is 32.2. The number of aromatic nitrogens is 2. The van der Waals surface area contributed by atoms with Gasteiger partial charge >= 0.3 is 0 Å². The maximum atomic E-state index is 12.1. The summed E-state index contributed by atoms with van der Waals surface area (Å²) in [7, 11) is 0. The molecule has 0 unspecified atom stereocenters. The highest BCUT2D eigenvalue weighted by Gasteiger charge is 2.09. The van der Waals surface area contributed by atoms with Gasteiger partial charge in [-0.1, -0.05) is 85.1 Å². The minimum atomic E-state index is -0.117. The van der Waals surface area contributed by atoms with Gasteiger partial charge in [-0.15, -0.1) is 10.2 Å². The maximum absolute atomic E-state index is 12.1. The van der Waals surface area contributed by atoms with Gasteiger partial charge in [0.05, 0.1) is 11.3 Å². The minimum absolute atomic E-state index is 0.117. The molecule has 1 heterocycles. The summed E-state index contributed by atoms with van der Waals surface area (Å²) in [4.78, 5) is 12.1. The van der Waals surface area contributed by atoms with Gasteiger partial charge in [0.2, 0.25) is 5.91 Å². The lowest BCUT2D eigenvalue weighted by Crippen LogP contribution is -2.13. The predicted molar refractivity (Wildman–Crippen MR) is 125 cm³/mol. The number of rotatable bonds is 9. The van der Waals surface area contributed by atoms with Crippen LogP contribution in [0.25, 0.3) is 0 Å². The van der Waals surface area contributed by atoms with E-state index >= 15 is 0 Å². The Bertz CT molecular complexity index is 1030. The van der Waals surface area contributed by atoms with Crippen LogP contribution < -0.4 is 5.32 Å². The van der Waals surface area contributed by atoms with Gasteiger partial charge in [-0.05, 0) is 29.2 Å². The van der Waals surface area contributed by atoms with Gasteiger partial charge < -0.3 is 5.32 Å². The summed E-state index contributed by atoms with van der Waals surface area (Å²) in [5.74, 6) is 1.89. The summed E-state index contributed by atoms with van der Waals surface area (Å²) in [6.07, 6.45) is 0.342. The molecule has 3 aromatic rings. The van der Waals surface area contributed by atoms with Crippen LogP contribution in [-0.4, -0.2) is 21.9 Å². The molecule has 1 aromatic heterocycles. The maximum Gasteiger partial charge on any atom is 0.225 e. The normalized spacial score (nSPS) is 10.7. The number of hydrogen-bond acceptors (Lipinski definition) is 7. The molecular formula is C22H22N4OS3. The van der Waals surface area contributed by atoms with E-state index in [9.17, 15) is 4.79 Å². The van der Waals surface area contributed by atoms with Crippen LogP contribution in [-0.2, 0) is 10.5 Å². The molecule has 0 aliphatic heterocycles. The molecule has 8 heteroatoms. The number of carbonyl (C=O) groups is 1. The van der Waals surface area contributed by atoms with E-state index in [0.717, 1.165) is 14.4 Å². The summed E-state index contributed by atoms with van der Waals surface area (Å²) in [6, 6.07) is 17.8. The molecule has 0 spiro atoms. The van der Waals surface area contributed by atoms with Crippen LogP contribution >= 0.6 is 34.9 Å². The van der Waals surface area contributed by atoms with Crippen molar-refractivity contribution in [3.63, 3.8) is 0 Å². The molecule has 0 fully saturated rings. The molecule has 0 atom stereocenters. The van der Waals surface area contributed by atoms with Crippen molar-refractivity contribution in [2.24, 2.45) is 0 Å². The van der Waals surface area contributed by atoms with E-state index in [1.165, 1.54) is 22.9 Å². The van der Waals surface area contributed by atoms with E-state index in [1.807, 2.05) is 0 Å². The Morgan fingerprint density at radius 1 is 1.10 bits per heavy atom. The van der Waals surface area contributed by atoms with E-state index in [1.54, 1.807) is 47.4 Å². The molecule has 154 valence electrons. The number of nitrogens with one attached hydrogen (secondary N) is 1. The fourth-order valence-electron chi connectivity index (χ4n) is 2.59. The van der Waals surface area contributed by atoms with Gasteiger partial charge in [-0.25, -0.2) is 0 Å². The van der Waals surface area contributed by atoms with Gasteiger partial charge in [-0.2, -0.15) is 5.26 Å². The molecule has 1 amide bonds. The third-order valence-corrected chi connectivity index (χ3v) is 7.54. The molecule has 0 bridgehead atoms. The highest BCUT2D eigenvalue weighted by Crippen LogP contribution is 2.31. The number of nitrogens with zero attached hydrogens (tertiary/aromatic N) is 3. The average molecular weight is 455 g/mol.